The number of fused-ring (bicyclic) bond motifs is 2. The number of benzene rings is 2. The van der Waals surface area contributed by atoms with Crippen molar-refractivity contribution < 1.29 is 42.1 Å². The third kappa shape index (κ3) is 6.55. The number of hydrogen-bond donors (Lipinski definition) is 1. The largest absolute Gasteiger partial charge is 0.492 e. The van der Waals surface area contributed by atoms with E-state index in [1.54, 1.807) is 43.9 Å². The number of carbonyl (C=O) groups is 2. The zero-order valence-electron chi connectivity index (χ0n) is 23.4. The summed E-state index contributed by atoms with van der Waals surface area (Å²) in [4.78, 5) is 27.1. The molecule has 2 aromatic rings. The molecule has 11 heteroatoms. The second-order valence-electron chi connectivity index (χ2n) is 11.9. The topological polar surface area (TPSA) is 88.5 Å². The van der Waals surface area contributed by atoms with Crippen LogP contribution in [0, 0.1) is 0 Å². The highest BCUT2D eigenvalue weighted by Gasteiger charge is 2.38. The number of carboxylic acids is 1. The van der Waals surface area contributed by atoms with Gasteiger partial charge in [0.2, 0.25) is 0 Å². The molecule has 222 valence electrons. The van der Waals surface area contributed by atoms with E-state index in [4.69, 9.17) is 19.3 Å². The SMILES string of the molecule is CC(C)(C)OC(=O)N1CCN(Cc2c(C(F)(F)F)ccc3c2CC[C@H]3Oc2ccc3c(c2)OC[C@H]3CC(=O)O)CC1. The van der Waals surface area contributed by atoms with Crippen LogP contribution in [0.1, 0.15) is 73.5 Å². The summed E-state index contributed by atoms with van der Waals surface area (Å²) >= 11 is 0. The lowest BCUT2D eigenvalue weighted by atomic mass is 9.96. The Kier molecular flexibility index (Phi) is 7.84. The van der Waals surface area contributed by atoms with Crippen molar-refractivity contribution in [2.24, 2.45) is 0 Å². The average molecular weight is 577 g/mol. The van der Waals surface area contributed by atoms with E-state index >= 15 is 0 Å². The first-order valence-corrected chi connectivity index (χ1v) is 13.9. The second-order valence-corrected chi connectivity index (χ2v) is 11.9. The number of halogens is 3. The molecule has 1 N–H and O–H groups in total. The molecule has 5 rings (SSSR count). The van der Waals surface area contributed by atoms with E-state index in [9.17, 15) is 22.8 Å². The Bertz CT molecular complexity index is 1310. The van der Waals surface area contributed by atoms with E-state index in [0.717, 1.165) is 17.2 Å². The number of piperazine rings is 1. The molecule has 8 nitrogen and oxygen atoms in total. The molecule has 0 radical (unpaired) electrons. The molecule has 41 heavy (non-hydrogen) atoms. The molecule has 2 heterocycles. The van der Waals surface area contributed by atoms with E-state index in [0.29, 0.717) is 56.1 Å². The minimum Gasteiger partial charge on any atom is -0.492 e. The van der Waals surface area contributed by atoms with Gasteiger partial charge in [0.15, 0.2) is 0 Å². The van der Waals surface area contributed by atoms with Gasteiger partial charge in [-0.3, -0.25) is 9.69 Å². The Morgan fingerprint density at radius 2 is 1.76 bits per heavy atom. The Morgan fingerprint density at radius 3 is 2.41 bits per heavy atom. The van der Waals surface area contributed by atoms with E-state index in [1.165, 1.54) is 6.07 Å². The fourth-order valence-corrected chi connectivity index (χ4v) is 5.82. The third-order valence-corrected chi connectivity index (χ3v) is 7.75. The van der Waals surface area contributed by atoms with Crippen LogP contribution in [0.5, 0.6) is 11.5 Å². The summed E-state index contributed by atoms with van der Waals surface area (Å²) in [7, 11) is 0. The van der Waals surface area contributed by atoms with Crippen LogP contribution in [0.15, 0.2) is 30.3 Å². The molecule has 0 bridgehead atoms. The van der Waals surface area contributed by atoms with E-state index in [2.05, 4.69) is 0 Å². The first-order chi connectivity index (χ1) is 19.3. The normalized spacial score (nSPS) is 20.8. The summed E-state index contributed by atoms with van der Waals surface area (Å²) in [6.07, 6.45) is -4.35. The summed E-state index contributed by atoms with van der Waals surface area (Å²) in [5, 5.41) is 9.13. The summed E-state index contributed by atoms with van der Waals surface area (Å²) < 4.78 is 59.7. The van der Waals surface area contributed by atoms with Crippen molar-refractivity contribution in [2.45, 2.75) is 70.4 Å². The predicted octanol–water partition coefficient (Wildman–Crippen LogP) is 5.78. The molecule has 2 aliphatic heterocycles. The standard InChI is InChI=1S/C30H35F3N2O6/c1-29(2,3)41-28(38)35-12-10-34(11-13-35)16-23-21-7-9-25(22(21)6-8-24(23)30(31,32)33)40-19-4-5-20-18(14-27(36)37)17-39-26(20)15-19/h4-6,8,15,18,25H,7,9-14,16-17H2,1-3H3,(H,36,37)/t18-,25-/m1/s1. The van der Waals surface area contributed by atoms with Crippen molar-refractivity contribution in [3.8, 4) is 11.5 Å². The molecule has 0 unspecified atom stereocenters. The molecule has 2 atom stereocenters. The summed E-state index contributed by atoms with van der Waals surface area (Å²) in [5.74, 6) is -0.0192. The summed E-state index contributed by atoms with van der Waals surface area (Å²) in [6, 6.07) is 7.96. The van der Waals surface area contributed by atoms with Gasteiger partial charge in [-0.25, -0.2) is 4.79 Å². The maximum atomic E-state index is 14.1. The summed E-state index contributed by atoms with van der Waals surface area (Å²) in [5.41, 5.74) is 1.23. The molecule has 0 saturated carbocycles. The van der Waals surface area contributed by atoms with Crippen LogP contribution in [-0.2, 0) is 28.7 Å². The third-order valence-electron chi connectivity index (χ3n) is 7.75. The lowest BCUT2D eigenvalue weighted by molar-refractivity contribution is -0.139. The van der Waals surface area contributed by atoms with Crippen molar-refractivity contribution in [2.75, 3.05) is 32.8 Å². The highest BCUT2D eigenvalue weighted by atomic mass is 19.4. The zero-order valence-corrected chi connectivity index (χ0v) is 23.4. The van der Waals surface area contributed by atoms with Gasteiger partial charge in [-0.05, 0) is 62.4 Å². The number of carboxylic acid groups (broad SMARTS) is 1. The van der Waals surface area contributed by atoms with Gasteiger partial charge in [-0.1, -0.05) is 12.1 Å². The number of ether oxygens (including phenoxy) is 3. The maximum absolute atomic E-state index is 14.1. The van der Waals surface area contributed by atoms with Crippen LogP contribution >= 0.6 is 0 Å². The molecular weight excluding hydrogens is 541 g/mol. The minimum atomic E-state index is -4.49. The molecule has 2 aromatic carbocycles. The number of carbonyl (C=O) groups excluding carboxylic acids is 1. The highest BCUT2D eigenvalue weighted by molar-refractivity contribution is 5.69. The molecule has 0 spiro atoms. The van der Waals surface area contributed by atoms with Gasteiger partial charge in [-0.2, -0.15) is 13.2 Å². The van der Waals surface area contributed by atoms with Crippen molar-refractivity contribution >= 4 is 12.1 Å². The molecule has 1 aliphatic carbocycles. The number of aliphatic carboxylic acids is 1. The Morgan fingerprint density at radius 1 is 1.05 bits per heavy atom. The average Bonchev–Trinajstić information content (AvgIpc) is 3.46. The van der Waals surface area contributed by atoms with Crippen LogP contribution in [0.25, 0.3) is 0 Å². The quantitative estimate of drug-likeness (QED) is 0.467. The molecule has 0 aromatic heterocycles. The zero-order chi connectivity index (χ0) is 29.5. The fourth-order valence-electron chi connectivity index (χ4n) is 5.82. The monoisotopic (exact) mass is 576 g/mol. The van der Waals surface area contributed by atoms with Gasteiger partial charge in [0, 0.05) is 50.3 Å². The van der Waals surface area contributed by atoms with Crippen LogP contribution < -0.4 is 9.47 Å². The second kappa shape index (κ2) is 11.1. The van der Waals surface area contributed by atoms with Crippen LogP contribution in [0.4, 0.5) is 18.0 Å². The highest BCUT2D eigenvalue weighted by Crippen LogP contribution is 2.44. The molecular formula is C30H35F3N2O6. The molecule has 1 amide bonds. The van der Waals surface area contributed by atoms with Crippen molar-refractivity contribution in [3.05, 3.63) is 58.1 Å². The predicted molar refractivity (Wildman–Crippen MR) is 143 cm³/mol. The van der Waals surface area contributed by atoms with Crippen molar-refractivity contribution in [1.82, 2.24) is 9.80 Å². The number of hydrogen-bond acceptors (Lipinski definition) is 6. The molecule has 3 aliphatic rings. The van der Waals surface area contributed by atoms with E-state index in [-0.39, 0.29) is 31.1 Å². The number of rotatable bonds is 6. The van der Waals surface area contributed by atoms with Crippen LogP contribution in [0.2, 0.25) is 0 Å². The molecule has 1 fully saturated rings. The fraction of sp³-hybridized carbons (Fsp3) is 0.533. The first-order valence-electron chi connectivity index (χ1n) is 13.9. The lowest BCUT2D eigenvalue weighted by Crippen LogP contribution is -2.49. The van der Waals surface area contributed by atoms with E-state index in [1.807, 2.05) is 4.90 Å². The number of amides is 1. The van der Waals surface area contributed by atoms with Gasteiger partial charge >= 0.3 is 18.2 Å². The van der Waals surface area contributed by atoms with E-state index < -0.39 is 35.5 Å². The maximum Gasteiger partial charge on any atom is 0.416 e. The van der Waals surface area contributed by atoms with Crippen LogP contribution in [-0.4, -0.2) is 65.4 Å². The number of alkyl halides is 3. The van der Waals surface area contributed by atoms with Gasteiger partial charge in [-0.15, -0.1) is 0 Å². The smallest absolute Gasteiger partial charge is 0.416 e. The van der Waals surface area contributed by atoms with Crippen molar-refractivity contribution in [1.29, 1.82) is 0 Å². The summed E-state index contributed by atoms with van der Waals surface area (Å²) in [6.45, 7) is 7.44. The number of nitrogens with zero attached hydrogens (tertiary/aromatic N) is 2. The Labute approximate surface area is 237 Å². The molecule has 1 saturated heterocycles. The van der Waals surface area contributed by atoms with Gasteiger partial charge in [0.25, 0.3) is 0 Å². The van der Waals surface area contributed by atoms with Gasteiger partial charge in [0.1, 0.15) is 23.2 Å². The van der Waals surface area contributed by atoms with Crippen molar-refractivity contribution in [3.63, 3.8) is 0 Å². The first kappa shape index (κ1) is 29.0. The van der Waals surface area contributed by atoms with Gasteiger partial charge in [0.05, 0.1) is 18.6 Å². The Hall–Kier alpha value is -3.47. The lowest BCUT2D eigenvalue weighted by Gasteiger charge is -2.36. The van der Waals surface area contributed by atoms with Crippen LogP contribution in [0.3, 0.4) is 0 Å². The Balaban J connectivity index is 1.31. The minimum absolute atomic E-state index is 0.0242. The van der Waals surface area contributed by atoms with Gasteiger partial charge < -0.3 is 24.2 Å².